The highest BCUT2D eigenvalue weighted by molar-refractivity contribution is 5.91. The van der Waals surface area contributed by atoms with E-state index in [1.54, 1.807) is 0 Å². The van der Waals surface area contributed by atoms with Gasteiger partial charge in [0.1, 0.15) is 17.8 Å². The van der Waals surface area contributed by atoms with Crippen molar-refractivity contribution in [1.29, 1.82) is 0 Å². The zero-order valence-corrected chi connectivity index (χ0v) is 26.7. The predicted octanol–water partition coefficient (Wildman–Crippen LogP) is 5.03. The molecule has 7 fully saturated rings. The highest BCUT2D eigenvalue weighted by Gasteiger charge is 2.71. The lowest BCUT2D eigenvalue weighted by Crippen LogP contribution is -2.56. The minimum atomic E-state index is -0.615. The highest BCUT2D eigenvalue weighted by Crippen LogP contribution is 2.68. The van der Waals surface area contributed by atoms with Gasteiger partial charge >= 0.3 is 17.9 Å². The van der Waals surface area contributed by atoms with E-state index in [2.05, 4.69) is 25.7 Å². The van der Waals surface area contributed by atoms with Crippen LogP contribution in [0.25, 0.3) is 0 Å². The summed E-state index contributed by atoms with van der Waals surface area (Å²) in [5.74, 6) is -0.431. The van der Waals surface area contributed by atoms with Gasteiger partial charge < -0.3 is 14.2 Å². The lowest BCUT2D eigenvalue weighted by Gasteiger charge is -2.59. The molecule has 0 amide bonds. The standard InChI is InChI=1S/C36H49NO7/c1-34-12-9-21(38)17-20(34)7-8-22-25(34)10-13-35(2)26(22)11-14-36(35,3)44-33(41)29-24-18-23-28(29)32(40)43-31(23)30(24)42-27(39)19-37-15-5-4-6-16-37/h17,22-26,28-31H,4-16,18-19H2,1-3H3/t22?,23?,24?,25-,26-,28?,29?,30?,31?,34-,35-,36?/m0/s1. The second-order valence-electron chi connectivity index (χ2n) is 16.4. The Morgan fingerprint density at radius 3 is 2.50 bits per heavy atom. The number of allylic oxidation sites excluding steroid dienone is 1. The molecular weight excluding hydrogens is 558 g/mol. The second-order valence-corrected chi connectivity index (χ2v) is 16.4. The average Bonchev–Trinajstić information content (AvgIpc) is 3.68. The lowest BCUT2D eigenvalue weighted by molar-refractivity contribution is -0.191. The SMILES string of the molecule is CC1(OC(=O)C2C3CC4C(OC(=O)C42)C3OC(=O)CN2CCCCC2)CC[C@H]2C3CCC4=CC(=O)CC[C@]4(C)[C@H]3CC[C@@]21C. The molecule has 8 heteroatoms. The number of carbonyl (C=O) groups excluding carboxylic acids is 4. The summed E-state index contributed by atoms with van der Waals surface area (Å²) in [5.41, 5.74) is 0.734. The van der Waals surface area contributed by atoms with Crippen LogP contribution in [-0.2, 0) is 33.4 Å². The maximum absolute atomic E-state index is 14.2. The van der Waals surface area contributed by atoms with Gasteiger partial charge in [-0.1, -0.05) is 25.8 Å². The fraction of sp³-hybridized carbons (Fsp3) is 0.833. The Hall–Kier alpha value is -2.22. The first-order valence-corrected chi connectivity index (χ1v) is 17.6. The van der Waals surface area contributed by atoms with Gasteiger partial charge in [-0.3, -0.25) is 24.1 Å². The molecule has 44 heavy (non-hydrogen) atoms. The molecule has 240 valence electrons. The van der Waals surface area contributed by atoms with Gasteiger partial charge in [-0.2, -0.15) is 0 Å². The monoisotopic (exact) mass is 607 g/mol. The number of rotatable bonds is 5. The molecule has 2 saturated heterocycles. The van der Waals surface area contributed by atoms with Crippen molar-refractivity contribution in [3.05, 3.63) is 11.6 Å². The summed E-state index contributed by atoms with van der Waals surface area (Å²) in [6, 6.07) is 0. The predicted molar refractivity (Wildman–Crippen MR) is 160 cm³/mol. The molecule has 2 heterocycles. The Morgan fingerprint density at radius 1 is 0.932 bits per heavy atom. The van der Waals surface area contributed by atoms with Gasteiger partial charge in [0.25, 0.3) is 0 Å². The number of ketones is 1. The number of piperidine rings is 1. The number of nitrogens with zero attached hydrogens (tertiary/aromatic N) is 1. The van der Waals surface area contributed by atoms with Crippen molar-refractivity contribution in [2.75, 3.05) is 19.6 Å². The molecule has 5 saturated carbocycles. The van der Waals surface area contributed by atoms with Crippen LogP contribution in [0.15, 0.2) is 11.6 Å². The van der Waals surface area contributed by atoms with E-state index >= 15 is 0 Å². The van der Waals surface area contributed by atoms with Gasteiger partial charge in [0, 0.05) is 23.7 Å². The minimum Gasteiger partial charge on any atom is -0.459 e. The Bertz CT molecular complexity index is 1300. The van der Waals surface area contributed by atoms with Crippen LogP contribution >= 0.6 is 0 Å². The normalized spacial score (nSPS) is 49.1. The van der Waals surface area contributed by atoms with E-state index in [1.807, 2.05) is 6.08 Å². The number of likely N-dealkylation sites (tertiary alicyclic amines) is 1. The average molecular weight is 608 g/mol. The number of carbonyl (C=O) groups is 4. The molecule has 0 radical (unpaired) electrons. The summed E-state index contributed by atoms with van der Waals surface area (Å²) in [5, 5.41) is 0. The molecule has 0 aromatic carbocycles. The second kappa shape index (κ2) is 10.1. The van der Waals surface area contributed by atoms with E-state index < -0.39 is 29.6 Å². The number of fused-ring (bicyclic) bond motifs is 6. The molecule has 12 atom stereocenters. The molecule has 0 N–H and O–H groups in total. The molecule has 2 bridgehead atoms. The summed E-state index contributed by atoms with van der Waals surface area (Å²) in [6.07, 6.45) is 12.7. The van der Waals surface area contributed by atoms with Crippen LogP contribution in [0.5, 0.6) is 0 Å². The summed E-state index contributed by atoms with van der Waals surface area (Å²) in [7, 11) is 0. The van der Waals surface area contributed by atoms with E-state index in [0.29, 0.717) is 30.6 Å². The Kier molecular flexibility index (Phi) is 6.73. The lowest BCUT2D eigenvalue weighted by atomic mass is 9.46. The Morgan fingerprint density at radius 2 is 1.70 bits per heavy atom. The van der Waals surface area contributed by atoms with E-state index in [9.17, 15) is 19.2 Å². The van der Waals surface area contributed by atoms with E-state index in [4.69, 9.17) is 14.2 Å². The van der Waals surface area contributed by atoms with Crippen LogP contribution in [0.2, 0.25) is 0 Å². The largest absolute Gasteiger partial charge is 0.459 e. The third-order valence-corrected chi connectivity index (χ3v) is 14.7. The van der Waals surface area contributed by atoms with Gasteiger partial charge in [-0.05, 0) is 113 Å². The molecule has 2 aliphatic heterocycles. The summed E-state index contributed by atoms with van der Waals surface area (Å²) in [4.78, 5) is 54.7. The van der Waals surface area contributed by atoms with Crippen molar-refractivity contribution in [3.63, 3.8) is 0 Å². The van der Waals surface area contributed by atoms with Gasteiger partial charge in [0.15, 0.2) is 5.78 Å². The van der Waals surface area contributed by atoms with Crippen molar-refractivity contribution in [3.8, 4) is 0 Å². The highest BCUT2D eigenvalue weighted by atomic mass is 16.6. The smallest absolute Gasteiger partial charge is 0.320 e. The van der Waals surface area contributed by atoms with E-state index in [1.165, 1.54) is 12.0 Å². The number of hydrogen-bond acceptors (Lipinski definition) is 8. The quantitative estimate of drug-likeness (QED) is 0.317. The summed E-state index contributed by atoms with van der Waals surface area (Å²) < 4.78 is 18.5. The first kappa shape index (κ1) is 29.2. The van der Waals surface area contributed by atoms with Crippen LogP contribution in [0.4, 0.5) is 0 Å². The molecule has 8 unspecified atom stereocenters. The Labute approximate surface area is 261 Å². The number of hydrogen-bond donors (Lipinski definition) is 0. The molecular formula is C36H49NO7. The van der Waals surface area contributed by atoms with Crippen LogP contribution in [0, 0.1) is 52.3 Å². The number of ether oxygens (including phenoxy) is 3. The Balaban J connectivity index is 0.987. The third-order valence-electron chi connectivity index (χ3n) is 14.7. The zero-order valence-electron chi connectivity index (χ0n) is 26.7. The summed E-state index contributed by atoms with van der Waals surface area (Å²) in [6.45, 7) is 8.94. The molecule has 0 aromatic heterocycles. The summed E-state index contributed by atoms with van der Waals surface area (Å²) >= 11 is 0. The number of esters is 3. The fourth-order valence-corrected chi connectivity index (χ4v) is 12.2. The molecule has 0 spiro atoms. The maximum Gasteiger partial charge on any atom is 0.320 e. The van der Waals surface area contributed by atoms with Crippen LogP contribution in [0.3, 0.4) is 0 Å². The molecule has 8 aliphatic rings. The maximum atomic E-state index is 14.2. The van der Waals surface area contributed by atoms with E-state index in [-0.39, 0.29) is 52.9 Å². The topological polar surface area (TPSA) is 99.2 Å². The fourth-order valence-electron chi connectivity index (χ4n) is 12.2. The van der Waals surface area contributed by atoms with Gasteiger partial charge in [-0.25, -0.2) is 0 Å². The van der Waals surface area contributed by atoms with Gasteiger partial charge in [-0.15, -0.1) is 0 Å². The van der Waals surface area contributed by atoms with Crippen LogP contribution < -0.4 is 0 Å². The van der Waals surface area contributed by atoms with Gasteiger partial charge in [0.05, 0.1) is 18.4 Å². The van der Waals surface area contributed by atoms with Crippen molar-refractivity contribution < 1.29 is 33.4 Å². The van der Waals surface area contributed by atoms with E-state index in [0.717, 1.165) is 70.9 Å². The van der Waals surface area contributed by atoms with Crippen molar-refractivity contribution in [2.45, 2.75) is 116 Å². The van der Waals surface area contributed by atoms with Crippen molar-refractivity contribution in [2.24, 2.45) is 52.3 Å². The van der Waals surface area contributed by atoms with Crippen molar-refractivity contribution in [1.82, 2.24) is 4.90 Å². The first-order valence-electron chi connectivity index (χ1n) is 17.6. The van der Waals surface area contributed by atoms with Crippen molar-refractivity contribution >= 4 is 23.7 Å². The molecule has 8 rings (SSSR count). The zero-order chi connectivity index (χ0) is 30.6. The minimum absolute atomic E-state index is 0.0828. The molecule has 0 aromatic rings. The van der Waals surface area contributed by atoms with Crippen LogP contribution in [0.1, 0.15) is 97.8 Å². The first-order chi connectivity index (χ1) is 21.0. The molecule has 6 aliphatic carbocycles. The molecule has 8 nitrogen and oxygen atoms in total. The van der Waals surface area contributed by atoms with Crippen LogP contribution in [-0.4, -0.2) is 66.0 Å². The van der Waals surface area contributed by atoms with Gasteiger partial charge in [0.2, 0.25) is 0 Å². The third kappa shape index (κ3) is 4.10.